The lowest BCUT2D eigenvalue weighted by atomic mass is 10.5. The van der Waals surface area contributed by atoms with Crippen LogP contribution in [0.15, 0.2) is 12.3 Å². The van der Waals surface area contributed by atoms with Crippen molar-refractivity contribution in [3.8, 4) is 0 Å². The smallest absolute Gasteiger partial charge is 0.226 e. The van der Waals surface area contributed by atoms with Crippen molar-refractivity contribution in [2.75, 3.05) is 50.7 Å². The lowest BCUT2D eigenvalue weighted by Crippen LogP contribution is -2.28. The standard InChI is InChI=1S/C10H19N5O2S/c1-14(2)10-12-6-5-9(13-10)11-7-8-18(16,17)15(3)4/h5-6H,7-8H2,1-4H3,(H,11,12,13). The zero-order valence-corrected chi connectivity index (χ0v) is 11.9. The molecular formula is C10H19N5O2S. The van der Waals surface area contributed by atoms with Gasteiger partial charge in [0, 0.05) is 40.9 Å². The summed E-state index contributed by atoms with van der Waals surface area (Å²) >= 11 is 0. The van der Waals surface area contributed by atoms with Gasteiger partial charge in [-0.3, -0.25) is 0 Å². The summed E-state index contributed by atoms with van der Waals surface area (Å²) in [5.74, 6) is 1.22. The van der Waals surface area contributed by atoms with Crippen molar-refractivity contribution in [1.29, 1.82) is 0 Å². The first-order chi connectivity index (χ1) is 8.33. The maximum atomic E-state index is 11.5. The molecule has 0 aliphatic rings. The van der Waals surface area contributed by atoms with E-state index in [1.165, 1.54) is 18.4 Å². The van der Waals surface area contributed by atoms with Gasteiger partial charge in [-0.25, -0.2) is 17.7 Å². The van der Waals surface area contributed by atoms with Gasteiger partial charge >= 0.3 is 0 Å². The van der Waals surface area contributed by atoms with Crippen LogP contribution in [0.4, 0.5) is 11.8 Å². The van der Waals surface area contributed by atoms with Gasteiger partial charge in [0.05, 0.1) is 5.75 Å². The van der Waals surface area contributed by atoms with E-state index in [0.29, 0.717) is 18.3 Å². The fourth-order valence-electron chi connectivity index (χ4n) is 1.15. The second-order valence-corrected chi connectivity index (χ2v) is 6.46. The van der Waals surface area contributed by atoms with E-state index in [-0.39, 0.29) is 5.75 Å². The molecule has 0 bridgehead atoms. The summed E-state index contributed by atoms with van der Waals surface area (Å²) in [6, 6.07) is 1.70. The van der Waals surface area contributed by atoms with Crippen LogP contribution in [0.25, 0.3) is 0 Å². The molecule has 0 saturated carbocycles. The zero-order valence-electron chi connectivity index (χ0n) is 11.1. The highest BCUT2D eigenvalue weighted by atomic mass is 32.2. The van der Waals surface area contributed by atoms with Crippen LogP contribution in [-0.2, 0) is 10.0 Å². The molecule has 7 nitrogen and oxygen atoms in total. The van der Waals surface area contributed by atoms with Gasteiger partial charge in [0.2, 0.25) is 16.0 Å². The molecule has 0 radical (unpaired) electrons. The van der Waals surface area contributed by atoms with E-state index in [4.69, 9.17) is 0 Å². The quantitative estimate of drug-likeness (QED) is 0.776. The SMILES string of the molecule is CN(C)c1nccc(NCCS(=O)(=O)N(C)C)n1. The molecule has 0 aliphatic carbocycles. The van der Waals surface area contributed by atoms with E-state index in [1.807, 2.05) is 14.1 Å². The molecule has 0 spiro atoms. The van der Waals surface area contributed by atoms with Gasteiger partial charge < -0.3 is 10.2 Å². The maximum absolute atomic E-state index is 11.5. The van der Waals surface area contributed by atoms with Gasteiger partial charge in [-0.05, 0) is 6.07 Å². The Bertz CT molecular complexity index is 487. The van der Waals surface area contributed by atoms with E-state index in [0.717, 1.165) is 0 Å². The first-order valence-electron chi connectivity index (χ1n) is 5.47. The molecular weight excluding hydrogens is 254 g/mol. The summed E-state index contributed by atoms with van der Waals surface area (Å²) < 4.78 is 24.3. The van der Waals surface area contributed by atoms with Crippen LogP contribution < -0.4 is 10.2 Å². The minimum atomic E-state index is -3.18. The van der Waals surface area contributed by atoms with Crippen molar-refractivity contribution in [2.45, 2.75) is 0 Å². The van der Waals surface area contributed by atoms with Gasteiger partial charge in [-0.1, -0.05) is 0 Å². The second-order valence-electron chi connectivity index (χ2n) is 4.16. The molecule has 0 atom stereocenters. The third kappa shape index (κ3) is 4.11. The Morgan fingerprint density at radius 1 is 1.28 bits per heavy atom. The number of nitrogens with zero attached hydrogens (tertiary/aromatic N) is 4. The predicted molar refractivity (Wildman–Crippen MR) is 72.3 cm³/mol. The topological polar surface area (TPSA) is 78.4 Å². The number of aromatic nitrogens is 2. The number of nitrogens with one attached hydrogen (secondary N) is 1. The van der Waals surface area contributed by atoms with E-state index < -0.39 is 10.0 Å². The number of rotatable bonds is 6. The Morgan fingerprint density at radius 3 is 2.50 bits per heavy atom. The number of anilines is 2. The summed E-state index contributed by atoms with van der Waals surface area (Å²) in [6.07, 6.45) is 1.63. The minimum Gasteiger partial charge on any atom is -0.369 e. The summed E-state index contributed by atoms with van der Waals surface area (Å²) in [5.41, 5.74) is 0. The molecule has 0 amide bonds. The molecule has 1 rings (SSSR count). The number of hydrogen-bond donors (Lipinski definition) is 1. The zero-order chi connectivity index (χ0) is 13.8. The van der Waals surface area contributed by atoms with E-state index in [2.05, 4.69) is 15.3 Å². The highest BCUT2D eigenvalue weighted by molar-refractivity contribution is 7.89. The normalized spacial score (nSPS) is 11.6. The molecule has 0 unspecified atom stereocenters. The van der Waals surface area contributed by atoms with Crippen molar-refractivity contribution < 1.29 is 8.42 Å². The monoisotopic (exact) mass is 273 g/mol. The van der Waals surface area contributed by atoms with Crippen LogP contribution >= 0.6 is 0 Å². The Labute approximate surface area is 108 Å². The first kappa shape index (κ1) is 14.7. The van der Waals surface area contributed by atoms with E-state index >= 15 is 0 Å². The van der Waals surface area contributed by atoms with Gasteiger partial charge in [0.25, 0.3) is 0 Å². The molecule has 0 aliphatic heterocycles. The molecule has 18 heavy (non-hydrogen) atoms. The number of hydrogen-bond acceptors (Lipinski definition) is 6. The maximum Gasteiger partial charge on any atom is 0.226 e. The fourth-order valence-corrected chi connectivity index (χ4v) is 1.88. The average molecular weight is 273 g/mol. The summed E-state index contributed by atoms with van der Waals surface area (Å²) in [4.78, 5) is 10.1. The third-order valence-corrected chi connectivity index (χ3v) is 4.10. The van der Waals surface area contributed by atoms with E-state index in [9.17, 15) is 8.42 Å². The van der Waals surface area contributed by atoms with Crippen LogP contribution in [0.3, 0.4) is 0 Å². The van der Waals surface area contributed by atoms with Crippen LogP contribution in [0.2, 0.25) is 0 Å². The Balaban J connectivity index is 2.57. The highest BCUT2D eigenvalue weighted by Crippen LogP contribution is 2.07. The first-order valence-corrected chi connectivity index (χ1v) is 7.08. The summed E-state index contributed by atoms with van der Waals surface area (Å²) in [5, 5.41) is 2.97. The lowest BCUT2D eigenvalue weighted by Gasteiger charge is -2.13. The van der Waals surface area contributed by atoms with Crippen molar-refractivity contribution in [2.24, 2.45) is 0 Å². The Hall–Kier alpha value is -1.41. The molecule has 0 fully saturated rings. The van der Waals surface area contributed by atoms with Crippen molar-refractivity contribution in [3.05, 3.63) is 12.3 Å². The number of sulfonamides is 1. The summed E-state index contributed by atoms with van der Waals surface area (Å²) in [7, 11) is 3.54. The second kappa shape index (κ2) is 5.96. The Kier molecular flexibility index (Phi) is 4.85. The van der Waals surface area contributed by atoms with Crippen LogP contribution in [0, 0.1) is 0 Å². The van der Waals surface area contributed by atoms with Gasteiger partial charge in [0.15, 0.2) is 0 Å². The van der Waals surface area contributed by atoms with Crippen LogP contribution in [-0.4, -0.2) is 63.2 Å². The predicted octanol–water partition coefficient (Wildman–Crippen LogP) is -0.154. The fraction of sp³-hybridized carbons (Fsp3) is 0.600. The molecule has 0 aromatic carbocycles. The highest BCUT2D eigenvalue weighted by Gasteiger charge is 2.12. The van der Waals surface area contributed by atoms with Crippen LogP contribution in [0.5, 0.6) is 0 Å². The minimum absolute atomic E-state index is 0.0291. The molecule has 1 N–H and O–H groups in total. The molecule has 1 aromatic rings. The molecule has 1 aromatic heterocycles. The average Bonchev–Trinajstić information content (AvgIpc) is 2.29. The molecule has 1 heterocycles. The third-order valence-electron chi connectivity index (χ3n) is 2.27. The van der Waals surface area contributed by atoms with Crippen molar-refractivity contribution in [1.82, 2.24) is 14.3 Å². The van der Waals surface area contributed by atoms with Gasteiger partial charge in [-0.2, -0.15) is 4.98 Å². The lowest BCUT2D eigenvalue weighted by molar-refractivity contribution is 0.521. The molecule has 0 saturated heterocycles. The Morgan fingerprint density at radius 2 is 1.94 bits per heavy atom. The van der Waals surface area contributed by atoms with Gasteiger partial charge in [-0.15, -0.1) is 0 Å². The largest absolute Gasteiger partial charge is 0.369 e. The molecule has 8 heteroatoms. The summed E-state index contributed by atoms with van der Waals surface area (Å²) in [6.45, 7) is 0.310. The molecule has 102 valence electrons. The van der Waals surface area contributed by atoms with E-state index in [1.54, 1.807) is 17.2 Å². The van der Waals surface area contributed by atoms with Gasteiger partial charge in [0.1, 0.15) is 5.82 Å². The van der Waals surface area contributed by atoms with Crippen molar-refractivity contribution in [3.63, 3.8) is 0 Å². The van der Waals surface area contributed by atoms with Crippen molar-refractivity contribution >= 4 is 21.8 Å². The van der Waals surface area contributed by atoms with Crippen LogP contribution in [0.1, 0.15) is 0 Å².